The Bertz CT molecular complexity index is 1490. The highest BCUT2D eigenvalue weighted by Gasteiger charge is 2.23. The summed E-state index contributed by atoms with van der Waals surface area (Å²) in [5.41, 5.74) is 1.80. The van der Waals surface area contributed by atoms with E-state index in [1.807, 2.05) is 13.0 Å². The molecule has 9 nitrogen and oxygen atoms in total. The molecule has 11 heteroatoms. The van der Waals surface area contributed by atoms with Gasteiger partial charge < -0.3 is 9.52 Å². The molecule has 0 spiro atoms. The zero-order valence-corrected chi connectivity index (χ0v) is 20.1. The summed E-state index contributed by atoms with van der Waals surface area (Å²) in [6.07, 6.45) is 2.15. The number of aryl methyl sites for hydroxylation is 1. The molecule has 1 N–H and O–H groups in total. The minimum atomic E-state index is -3.63. The summed E-state index contributed by atoms with van der Waals surface area (Å²) in [4.78, 5) is 12.2. The van der Waals surface area contributed by atoms with E-state index in [0.29, 0.717) is 41.6 Å². The molecule has 3 aromatic heterocycles. The molecule has 4 aromatic rings. The maximum atomic E-state index is 12.9. The highest BCUT2D eigenvalue weighted by atomic mass is 32.2. The average molecular weight is 489 g/mol. The number of nitrogens with zero attached hydrogens (tertiary/aromatic N) is 4. The lowest BCUT2D eigenvalue weighted by Gasteiger charge is -2.18. The summed E-state index contributed by atoms with van der Waals surface area (Å²) < 4.78 is 34.1. The second kappa shape index (κ2) is 9.16. The van der Waals surface area contributed by atoms with E-state index >= 15 is 0 Å². The lowest BCUT2D eigenvalue weighted by atomic mass is 10.1. The van der Waals surface area contributed by atoms with Crippen molar-refractivity contribution in [3.8, 4) is 5.75 Å². The first kappa shape index (κ1) is 23.3. The zero-order valence-electron chi connectivity index (χ0n) is 18.5. The molecule has 4 rings (SSSR count). The number of hydrogen-bond donors (Lipinski definition) is 1. The Kier molecular flexibility index (Phi) is 6.46. The number of benzene rings is 1. The van der Waals surface area contributed by atoms with Crippen LogP contribution in [-0.2, 0) is 22.2 Å². The van der Waals surface area contributed by atoms with Crippen LogP contribution < -0.4 is 5.63 Å². The number of phenols is 1. The number of fused-ring (bicyclic) bond motifs is 2. The van der Waals surface area contributed by atoms with Gasteiger partial charge in [0.15, 0.2) is 10.8 Å². The van der Waals surface area contributed by atoms with Gasteiger partial charge in [0.25, 0.3) is 0 Å². The van der Waals surface area contributed by atoms with Gasteiger partial charge in [-0.25, -0.2) is 13.2 Å². The van der Waals surface area contributed by atoms with Crippen molar-refractivity contribution in [1.82, 2.24) is 18.9 Å². The first-order chi connectivity index (χ1) is 15.8. The van der Waals surface area contributed by atoms with Crippen LogP contribution in [0.5, 0.6) is 5.75 Å². The summed E-state index contributed by atoms with van der Waals surface area (Å²) in [5, 5.41) is 19.7. The second-order valence-electron chi connectivity index (χ2n) is 7.37. The van der Waals surface area contributed by atoms with E-state index in [0.717, 1.165) is 16.5 Å². The van der Waals surface area contributed by atoms with Gasteiger partial charge in [0.2, 0.25) is 10.0 Å². The molecule has 3 heterocycles. The summed E-state index contributed by atoms with van der Waals surface area (Å²) in [6.45, 7) is 6.27. The van der Waals surface area contributed by atoms with Crippen LogP contribution in [0.25, 0.3) is 16.6 Å². The van der Waals surface area contributed by atoms with E-state index in [-0.39, 0.29) is 10.6 Å². The number of hydrogen-bond acceptors (Lipinski definition) is 8. The number of rotatable bonds is 8. The van der Waals surface area contributed by atoms with Crippen molar-refractivity contribution in [3.63, 3.8) is 0 Å². The van der Waals surface area contributed by atoms with Gasteiger partial charge in [-0.3, -0.25) is 4.40 Å². The van der Waals surface area contributed by atoms with Crippen LogP contribution in [0.3, 0.4) is 0 Å². The molecule has 1 aromatic carbocycles. The highest BCUT2D eigenvalue weighted by Crippen LogP contribution is 2.30. The van der Waals surface area contributed by atoms with E-state index in [2.05, 4.69) is 10.2 Å². The molecule has 174 valence electrons. The maximum Gasteiger partial charge on any atom is 0.336 e. The molecular weight excluding hydrogens is 464 g/mol. The molecule has 0 amide bonds. The molecule has 0 unspecified atom stereocenters. The van der Waals surface area contributed by atoms with Crippen molar-refractivity contribution in [1.29, 1.82) is 0 Å². The second-order valence-corrected chi connectivity index (χ2v) is 10.3. The number of aromatic hydroxyl groups is 1. The third-order valence-corrected chi connectivity index (χ3v) is 8.48. The Balaban J connectivity index is 1.71. The van der Waals surface area contributed by atoms with Gasteiger partial charge in [0.05, 0.1) is 4.90 Å². The molecule has 0 aliphatic heterocycles. The number of sulfonamides is 1. The average Bonchev–Trinajstić information content (AvgIpc) is 3.19. The SMILES string of the molecule is CCc1cc2c(CSc3nnc4ccc(S(=O)(=O)N(CC)CC)cn34)cc(=O)oc2cc1O. The van der Waals surface area contributed by atoms with Crippen molar-refractivity contribution in [3.05, 3.63) is 58.1 Å². The predicted octanol–water partition coefficient (Wildman–Crippen LogP) is 3.43. The van der Waals surface area contributed by atoms with Gasteiger partial charge in [-0.1, -0.05) is 32.5 Å². The maximum absolute atomic E-state index is 12.9. The van der Waals surface area contributed by atoms with Crippen LogP contribution in [0.15, 0.2) is 55.8 Å². The first-order valence-electron chi connectivity index (χ1n) is 10.5. The number of phenolic OH excluding ortho intramolecular Hbond substituents is 1. The van der Waals surface area contributed by atoms with Crippen LogP contribution in [0.4, 0.5) is 0 Å². The standard InChI is InChI=1S/C22H24N4O5S2/c1-4-14-9-17-15(10-21(28)31-19(17)11-18(14)27)13-32-22-24-23-20-8-7-16(12-26(20)22)33(29,30)25(5-2)6-3/h7-12,27H,4-6,13H2,1-3H3. The molecule has 0 aliphatic carbocycles. The van der Waals surface area contributed by atoms with E-state index in [1.165, 1.54) is 40.5 Å². The lowest BCUT2D eigenvalue weighted by molar-refractivity contribution is 0.445. The summed E-state index contributed by atoms with van der Waals surface area (Å²) in [5.74, 6) is 0.465. The molecule has 0 saturated carbocycles. The lowest BCUT2D eigenvalue weighted by Crippen LogP contribution is -2.30. The molecule has 0 radical (unpaired) electrons. The van der Waals surface area contributed by atoms with Gasteiger partial charge in [0.1, 0.15) is 11.3 Å². The Labute approximate surface area is 195 Å². The van der Waals surface area contributed by atoms with Gasteiger partial charge in [-0.05, 0) is 35.7 Å². The highest BCUT2D eigenvalue weighted by molar-refractivity contribution is 7.98. The van der Waals surface area contributed by atoms with E-state index in [9.17, 15) is 18.3 Å². The van der Waals surface area contributed by atoms with E-state index in [4.69, 9.17) is 4.42 Å². The number of aromatic nitrogens is 3. The summed E-state index contributed by atoms with van der Waals surface area (Å²) >= 11 is 1.33. The van der Waals surface area contributed by atoms with Crippen LogP contribution in [0.1, 0.15) is 31.9 Å². The van der Waals surface area contributed by atoms with E-state index in [1.54, 1.807) is 24.3 Å². The quantitative estimate of drug-likeness (QED) is 0.296. The fraction of sp³-hybridized carbons (Fsp3) is 0.318. The van der Waals surface area contributed by atoms with Crippen molar-refractivity contribution < 1.29 is 17.9 Å². The van der Waals surface area contributed by atoms with Crippen LogP contribution in [0, 0.1) is 0 Å². The third kappa shape index (κ3) is 4.35. The van der Waals surface area contributed by atoms with Gasteiger partial charge >= 0.3 is 5.63 Å². The topological polar surface area (TPSA) is 118 Å². The minimum absolute atomic E-state index is 0.0864. The Hall–Kier alpha value is -2.89. The molecule has 0 fully saturated rings. The normalized spacial score (nSPS) is 12.2. The molecule has 33 heavy (non-hydrogen) atoms. The molecule has 0 atom stereocenters. The fourth-order valence-electron chi connectivity index (χ4n) is 3.67. The van der Waals surface area contributed by atoms with Crippen molar-refractivity contribution >= 4 is 38.4 Å². The Morgan fingerprint density at radius 1 is 1.09 bits per heavy atom. The smallest absolute Gasteiger partial charge is 0.336 e. The Morgan fingerprint density at radius 2 is 1.85 bits per heavy atom. The third-order valence-electron chi connectivity index (χ3n) is 5.45. The zero-order chi connectivity index (χ0) is 23.8. The number of pyridine rings is 1. The summed E-state index contributed by atoms with van der Waals surface area (Å²) in [6, 6.07) is 7.85. The van der Waals surface area contributed by atoms with Crippen molar-refractivity contribution in [2.45, 2.75) is 43.0 Å². The first-order valence-corrected chi connectivity index (χ1v) is 13.0. The summed E-state index contributed by atoms with van der Waals surface area (Å²) in [7, 11) is -3.63. The molecule has 0 bridgehead atoms. The van der Waals surface area contributed by atoms with Crippen molar-refractivity contribution in [2.24, 2.45) is 0 Å². The molecule has 0 saturated heterocycles. The molecular formula is C22H24N4O5S2. The number of thioether (sulfide) groups is 1. The van der Waals surface area contributed by atoms with Crippen LogP contribution in [-0.4, -0.2) is 45.5 Å². The van der Waals surface area contributed by atoms with E-state index < -0.39 is 15.6 Å². The largest absolute Gasteiger partial charge is 0.508 e. The fourth-order valence-corrected chi connectivity index (χ4v) is 6.03. The van der Waals surface area contributed by atoms with Crippen LogP contribution in [0.2, 0.25) is 0 Å². The van der Waals surface area contributed by atoms with Crippen LogP contribution >= 0.6 is 11.8 Å². The molecule has 0 aliphatic rings. The van der Waals surface area contributed by atoms with Gasteiger partial charge in [0, 0.05) is 42.6 Å². The van der Waals surface area contributed by atoms with Crippen molar-refractivity contribution in [2.75, 3.05) is 13.1 Å². The predicted molar refractivity (Wildman–Crippen MR) is 126 cm³/mol. The van der Waals surface area contributed by atoms with Gasteiger partial charge in [-0.2, -0.15) is 4.31 Å². The van der Waals surface area contributed by atoms with Gasteiger partial charge in [-0.15, -0.1) is 10.2 Å². The minimum Gasteiger partial charge on any atom is -0.508 e. The monoisotopic (exact) mass is 488 g/mol. The Morgan fingerprint density at radius 3 is 2.55 bits per heavy atom.